The van der Waals surface area contributed by atoms with Gasteiger partial charge in [-0.25, -0.2) is 4.39 Å². The number of methoxy groups -OCH3 is 1. The van der Waals surface area contributed by atoms with E-state index in [1.807, 2.05) is 0 Å². The van der Waals surface area contributed by atoms with Gasteiger partial charge in [-0.15, -0.1) is 0 Å². The first-order valence-electron chi connectivity index (χ1n) is 5.84. The van der Waals surface area contributed by atoms with E-state index in [0.29, 0.717) is 6.54 Å². The van der Waals surface area contributed by atoms with Crippen LogP contribution in [0.2, 0.25) is 0 Å². The molecule has 1 aromatic rings. The molecule has 0 saturated carbocycles. The van der Waals surface area contributed by atoms with Crippen molar-refractivity contribution in [1.82, 2.24) is 4.90 Å². The van der Waals surface area contributed by atoms with Crippen LogP contribution in [0.5, 0.6) is 5.75 Å². The van der Waals surface area contributed by atoms with E-state index >= 15 is 0 Å². The third-order valence-corrected chi connectivity index (χ3v) is 2.68. The minimum Gasteiger partial charge on any atom is -0.494 e. The van der Waals surface area contributed by atoms with Gasteiger partial charge in [-0.1, -0.05) is 6.07 Å². The number of nitrogens with zero attached hydrogens (tertiary/aromatic N) is 1. The second-order valence-electron chi connectivity index (χ2n) is 3.85. The molecule has 1 rings (SSSR count). The highest BCUT2D eigenvalue weighted by Crippen LogP contribution is 2.21. The standard InChI is InChI=1S/C13H16FNO4/c1-3-15(8-7-11(16)17)13(18)9-5-4-6-10(19-2)12(9)14/h4-6H,3,7-8H2,1-2H3,(H,16,17). The van der Waals surface area contributed by atoms with Crippen molar-refractivity contribution in [1.29, 1.82) is 0 Å². The van der Waals surface area contributed by atoms with Gasteiger partial charge in [0.15, 0.2) is 11.6 Å². The predicted molar refractivity (Wildman–Crippen MR) is 66.8 cm³/mol. The molecule has 6 heteroatoms. The van der Waals surface area contributed by atoms with Crippen molar-refractivity contribution in [2.45, 2.75) is 13.3 Å². The minimum atomic E-state index is -1.00. The fraction of sp³-hybridized carbons (Fsp3) is 0.385. The average molecular weight is 269 g/mol. The van der Waals surface area contributed by atoms with Gasteiger partial charge in [-0.3, -0.25) is 9.59 Å². The summed E-state index contributed by atoms with van der Waals surface area (Å²) in [6.45, 7) is 2.06. The maximum atomic E-state index is 13.9. The van der Waals surface area contributed by atoms with Crippen LogP contribution in [0.1, 0.15) is 23.7 Å². The second-order valence-corrected chi connectivity index (χ2v) is 3.85. The number of carboxylic acid groups (broad SMARTS) is 1. The first kappa shape index (κ1) is 14.9. The molecule has 1 aromatic carbocycles. The average Bonchev–Trinajstić information content (AvgIpc) is 2.39. The molecule has 0 spiro atoms. The van der Waals surface area contributed by atoms with E-state index in [1.54, 1.807) is 6.92 Å². The minimum absolute atomic E-state index is 0.0138. The number of amides is 1. The lowest BCUT2D eigenvalue weighted by Crippen LogP contribution is -2.33. The van der Waals surface area contributed by atoms with Crippen LogP contribution in [0.15, 0.2) is 18.2 Å². The second kappa shape index (κ2) is 6.72. The Kier molecular flexibility index (Phi) is 5.29. The molecule has 0 atom stereocenters. The van der Waals surface area contributed by atoms with Gasteiger partial charge in [-0.2, -0.15) is 0 Å². The summed E-state index contributed by atoms with van der Waals surface area (Å²) in [5, 5.41) is 8.61. The summed E-state index contributed by atoms with van der Waals surface area (Å²) >= 11 is 0. The molecule has 0 fully saturated rings. The molecule has 19 heavy (non-hydrogen) atoms. The first-order chi connectivity index (χ1) is 9.01. The van der Waals surface area contributed by atoms with Gasteiger partial charge >= 0.3 is 5.97 Å². The van der Waals surface area contributed by atoms with Gasteiger partial charge in [0.1, 0.15) is 0 Å². The van der Waals surface area contributed by atoms with Crippen LogP contribution >= 0.6 is 0 Å². The SMILES string of the molecule is CCN(CCC(=O)O)C(=O)c1cccc(OC)c1F. The summed E-state index contributed by atoms with van der Waals surface area (Å²) in [6, 6.07) is 4.28. The normalized spacial score (nSPS) is 10.1. The molecule has 104 valence electrons. The molecule has 0 aliphatic heterocycles. The number of halogens is 1. The number of carbonyl (C=O) groups is 2. The van der Waals surface area contributed by atoms with Gasteiger partial charge in [0, 0.05) is 13.1 Å². The maximum absolute atomic E-state index is 13.9. The van der Waals surface area contributed by atoms with Crippen molar-refractivity contribution in [3.8, 4) is 5.75 Å². The Morgan fingerprint density at radius 3 is 2.63 bits per heavy atom. The smallest absolute Gasteiger partial charge is 0.305 e. The lowest BCUT2D eigenvalue weighted by Gasteiger charge is -2.20. The van der Waals surface area contributed by atoms with Gasteiger partial charge in [0.2, 0.25) is 0 Å². The molecular weight excluding hydrogens is 253 g/mol. The number of carboxylic acids is 1. The van der Waals surface area contributed by atoms with Gasteiger partial charge in [0.25, 0.3) is 5.91 Å². The van der Waals surface area contributed by atoms with Crippen LogP contribution in [0, 0.1) is 5.82 Å². The molecule has 1 N–H and O–H groups in total. The number of benzene rings is 1. The lowest BCUT2D eigenvalue weighted by atomic mass is 10.1. The van der Waals surface area contributed by atoms with Crippen molar-refractivity contribution in [2.24, 2.45) is 0 Å². The van der Waals surface area contributed by atoms with E-state index in [1.165, 1.54) is 30.2 Å². The summed E-state index contributed by atoms with van der Waals surface area (Å²) in [5.74, 6) is -2.29. The maximum Gasteiger partial charge on any atom is 0.305 e. The summed E-state index contributed by atoms with van der Waals surface area (Å²) in [4.78, 5) is 23.9. The molecule has 0 bridgehead atoms. The van der Waals surface area contributed by atoms with E-state index in [2.05, 4.69) is 0 Å². The predicted octanol–water partition coefficient (Wildman–Crippen LogP) is 1.77. The lowest BCUT2D eigenvalue weighted by molar-refractivity contribution is -0.137. The number of aliphatic carboxylic acids is 1. The molecule has 0 radical (unpaired) electrons. The fourth-order valence-corrected chi connectivity index (χ4v) is 1.64. The molecule has 0 heterocycles. The highest BCUT2D eigenvalue weighted by molar-refractivity contribution is 5.95. The summed E-state index contributed by atoms with van der Waals surface area (Å²) in [5.41, 5.74) is -0.119. The van der Waals surface area contributed by atoms with Gasteiger partial charge < -0.3 is 14.7 Å². The Morgan fingerprint density at radius 2 is 2.11 bits per heavy atom. The Bertz CT molecular complexity index is 476. The van der Waals surface area contributed by atoms with E-state index in [4.69, 9.17) is 9.84 Å². The zero-order chi connectivity index (χ0) is 14.4. The quantitative estimate of drug-likeness (QED) is 0.854. The number of hydrogen-bond donors (Lipinski definition) is 1. The number of hydrogen-bond acceptors (Lipinski definition) is 3. The molecule has 0 aromatic heterocycles. The Balaban J connectivity index is 2.94. The van der Waals surface area contributed by atoms with Crippen LogP contribution in [0.25, 0.3) is 0 Å². The van der Waals surface area contributed by atoms with Crippen molar-refractivity contribution < 1.29 is 23.8 Å². The molecule has 0 unspecified atom stereocenters. The van der Waals surface area contributed by atoms with Crippen LogP contribution in [0.4, 0.5) is 4.39 Å². The Morgan fingerprint density at radius 1 is 1.42 bits per heavy atom. The molecule has 1 amide bonds. The fourth-order valence-electron chi connectivity index (χ4n) is 1.64. The van der Waals surface area contributed by atoms with Crippen LogP contribution < -0.4 is 4.74 Å². The summed E-state index contributed by atoms with van der Waals surface area (Å²) < 4.78 is 18.7. The molecule has 0 aliphatic rings. The van der Waals surface area contributed by atoms with Crippen LogP contribution in [0.3, 0.4) is 0 Å². The van der Waals surface area contributed by atoms with Gasteiger partial charge in [0.05, 0.1) is 19.1 Å². The van der Waals surface area contributed by atoms with E-state index in [9.17, 15) is 14.0 Å². The van der Waals surface area contributed by atoms with E-state index in [-0.39, 0.29) is 24.3 Å². The van der Waals surface area contributed by atoms with Crippen molar-refractivity contribution in [3.63, 3.8) is 0 Å². The van der Waals surface area contributed by atoms with Crippen molar-refractivity contribution in [3.05, 3.63) is 29.6 Å². The zero-order valence-corrected chi connectivity index (χ0v) is 10.9. The third-order valence-electron chi connectivity index (χ3n) is 2.68. The van der Waals surface area contributed by atoms with Crippen molar-refractivity contribution >= 4 is 11.9 Å². The number of carbonyl (C=O) groups excluding carboxylic acids is 1. The largest absolute Gasteiger partial charge is 0.494 e. The Hall–Kier alpha value is -2.11. The Labute approximate surface area is 110 Å². The molecule has 0 saturated heterocycles. The monoisotopic (exact) mass is 269 g/mol. The third kappa shape index (κ3) is 3.67. The number of rotatable bonds is 6. The zero-order valence-electron chi connectivity index (χ0n) is 10.9. The van der Waals surface area contributed by atoms with Crippen molar-refractivity contribution in [2.75, 3.05) is 20.2 Å². The number of ether oxygens (including phenoxy) is 1. The summed E-state index contributed by atoms with van der Waals surface area (Å²) in [6.07, 6.45) is -0.175. The first-order valence-corrected chi connectivity index (χ1v) is 5.84. The van der Waals surface area contributed by atoms with Crippen LogP contribution in [-0.2, 0) is 4.79 Å². The van der Waals surface area contributed by atoms with Crippen LogP contribution in [-0.4, -0.2) is 42.1 Å². The van der Waals surface area contributed by atoms with E-state index < -0.39 is 17.7 Å². The summed E-state index contributed by atoms with van der Waals surface area (Å²) in [7, 11) is 1.31. The molecule has 0 aliphatic carbocycles. The molecular formula is C13H16FNO4. The highest BCUT2D eigenvalue weighted by atomic mass is 19.1. The van der Waals surface area contributed by atoms with E-state index in [0.717, 1.165) is 0 Å². The molecule has 5 nitrogen and oxygen atoms in total. The highest BCUT2D eigenvalue weighted by Gasteiger charge is 2.20. The van der Waals surface area contributed by atoms with Gasteiger partial charge in [-0.05, 0) is 19.1 Å². The topological polar surface area (TPSA) is 66.8 Å².